The van der Waals surface area contributed by atoms with Gasteiger partial charge in [0.25, 0.3) is 0 Å². The Bertz CT molecular complexity index is 572. The maximum absolute atomic E-state index is 3.84. The molecule has 0 radical (unpaired) electrons. The van der Waals surface area contributed by atoms with Gasteiger partial charge in [0.2, 0.25) is 0 Å². The Labute approximate surface area is 108 Å². The lowest BCUT2D eigenvalue weighted by molar-refractivity contribution is 0.339. The fraction of sp³-hybridized carbons (Fsp3) is 0.412. The van der Waals surface area contributed by atoms with Gasteiger partial charge < -0.3 is 5.32 Å². The van der Waals surface area contributed by atoms with Crippen molar-refractivity contribution in [3.8, 4) is 0 Å². The van der Waals surface area contributed by atoms with Gasteiger partial charge in [0.1, 0.15) is 0 Å². The Kier molecular flexibility index (Phi) is 2.25. The van der Waals surface area contributed by atoms with E-state index in [0.717, 1.165) is 5.92 Å². The van der Waals surface area contributed by atoms with Gasteiger partial charge in [0.05, 0.1) is 0 Å². The predicted molar refractivity (Wildman–Crippen MR) is 75.6 cm³/mol. The number of rotatable bonds is 2. The number of hydrogen-bond acceptors (Lipinski definition) is 1. The summed E-state index contributed by atoms with van der Waals surface area (Å²) in [4.78, 5) is 0. The molecule has 1 atom stereocenters. The van der Waals surface area contributed by atoms with Crippen LogP contribution in [0, 0.1) is 5.92 Å². The molecular formula is C17H19N. The van der Waals surface area contributed by atoms with Crippen molar-refractivity contribution in [2.75, 3.05) is 6.54 Å². The highest BCUT2D eigenvalue weighted by Crippen LogP contribution is 2.51. The summed E-state index contributed by atoms with van der Waals surface area (Å²) in [6.45, 7) is 1.18. The number of hydrogen-bond donors (Lipinski definition) is 1. The molecule has 0 spiro atoms. The predicted octanol–water partition coefficient (Wildman–Crippen LogP) is 3.83. The summed E-state index contributed by atoms with van der Waals surface area (Å²) in [5.74, 6) is 0.866. The minimum atomic E-state index is 0.279. The van der Waals surface area contributed by atoms with Gasteiger partial charge in [-0.3, -0.25) is 0 Å². The van der Waals surface area contributed by atoms with Gasteiger partial charge in [-0.05, 0) is 54.5 Å². The van der Waals surface area contributed by atoms with Crippen molar-refractivity contribution in [3.63, 3.8) is 0 Å². The number of nitrogens with one attached hydrogen (secondary N) is 1. The number of fused-ring (bicyclic) bond motifs is 1. The summed E-state index contributed by atoms with van der Waals surface area (Å²) in [6.07, 6.45) is 5.43. The first-order valence-corrected chi connectivity index (χ1v) is 7.13. The van der Waals surface area contributed by atoms with Crippen molar-refractivity contribution in [2.24, 2.45) is 5.92 Å². The van der Waals surface area contributed by atoms with Gasteiger partial charge in [-0.1, -0.05) is 42.5 Å². The molecule has 2 aromatic carbocycles. The lowest BCUT2D eigenvalue weighted by Gasteiger charge is -2.31. The maximum atomic E-state index is 3.84. The molecule has 2 fully saturated rings. The minimum absolute atomic E-state index is 0.279. The Morgan fingerprint density at radius 1 is 1.00 bits per heavy atom. The zero-order valence-corrected chi connectivity index (χ0v) is 10.7. The quantitative estimate of drug-likeness (QED) is 0.837. The molecule has 1 aliphatic heterocycles. The van der Waals surface area contributed by atoms with E-state index in [-0.39, 0.29) is 5.54 Å². The van der Waals surface area contributed by atoms with E-state index in [1.807, 2.05) is 0 Å². The molecule has 2 aromatic rings. The van der Waals surface area contributed by atoms with Crippen LogP contribution in [0.3, 0.4) is 0 Å². The SMILES string of the molecule is c1ccc2c(C3(C4CC4)CCCN3)cccc2c1. The van der Waals surface area contributed by atoms with Gasteiger partial charge in [-0.2, -0.15) is 0 Å². The summed E-state index contributed by atoms with van der Waals surface area (Å²) < 4.78 is 0. The second-order valence-corrected chi connectivity index (χ2v) is 5.80. The maximum Gasteiger partial charge on any atom is 0.0469 e. The first-order chi connectivity index (χ1) is 8.90. The van der Waals surface area contributed by atoms with Crippen molar-refractivity contribution < 1.29 is 0 Å². The van der Waals surface area contributed by atoms with Crippen LogP contribution in [0.4, 0.5) is 0 Å². The molecule has 0 aromatic heterocycles. The molecule has 1 heteroatoms. The second-order valence-electron chi connectivity index (χ2n) is 5.80. The van der Waals surface area contributed by atoms with Crippen LogP contribution in [-0.4, -0.2) is 6.54 Å². The van der Waals surface area contributed by atoms with Gasteiger partial charge in [0, 0.05) is 5.54 Å². The smallest absolute Gasteiger partial charge is 0.0469 e. The Morgan fingerprint density at radius 2 is 1.83 bits per heavy atom. The van der Waals surface area contributed by atoms with Crippen LogP contribution in [0.15, 0.2) is 42.5 Å². The third kappa shape index (κ3) is 1.44. The van der Waals surface area contributed by atoms with E-state index in [2.05, 4.69) is 47.8 Å². The van der Waals surface area contributed by atoms with E-state index < -0.39 is 0 Å². The van der Waals surface area contributed by atoms with Crippen molar-refractivity contribution in [1.29, 1.82) is 0 Å². The lowest BCUT2D eigenvalue weighted by Crippen LogP contribution is -2.39. The molecule has 92 valence electrons. The Balaban J connectivity index is 1.95. The van der Waals surface area contributed by atoms with Crippen LogP contribution in [-0.2, 0) is 5.54 Å². The zero-order valence-electron chi connectivity index (χ0n) is 10.7. The Morgan fingerprint density at radius 3 is 2.61 bits per heavy atom. The van der Waals surface area contributed by atoms with Gasteiger partial charge in [-0.25, -0.2) is 0 Å². The first kappa shape index (κ1) is 10.6. The number of benzene rings is 2. The molecule has 4 rings (SSSR count). The van der Waals surface area contributed by atoms with Gasteiger partial charge in [-0.15, -0.1) is 0 Å². The highest BCUT2D eigenvalue weighted by molar-refractivity contribution is 5.86. The third-order valence-corrected chi connectivity index (χ3v) is 4.73. The molecule has 1 aliphatic carbocycles. The molecule has 0 bridgehead atoms. The largest absolute Gasteiger partial charge is 0.307 e. The van der Waals surface area contributed by atoms with Crippen LogP contribution in [0.5, 0.6) is 0 Å². The van der Waals surface area contributed by atoms with Crippen molar-refractivity contribution in [1.82, 2.24) is 5.32 Å². The van der Waals surface area contributed by atoms with E-state index in [4.69, 9.17) is 0 Å². The topological polar surface area (TPSA) is 12.0 Å². The van der Waals surface area contributed by atoms with Gasteiger partial charge >= 0.3 is 0 Å². The molecule has 2 aliphatic rings. The van der Waals surface area contributed by atoms with Crippen molar-refractivity contribution >= 4 is 10.8 Å². The van der Waals surface area contributed by atoms with E-state index in [0.29, 0.717) is 0 Å². The van der Waals surface area contributed by atoms with Crippen LogP contribution < -0.4 is 5.32 Å². The average molecular weight is 237 g/mol. The van der Waals surface area contributed by atoms with E-state index in [1.54, 1.807) is 5.56 Å². The Hall–Kier alpha value is -1.34. The summed E-state index contributed by atoms with van der Waals surface area (Å²) in [6, 6.07) is 15.6. The summed E-state index contributed by atoms with van der Waals surface area (Å²) in [5.41, 5.74) is 1.82. The van der Waals surface area contributed by atoms with Crippen LogP contribution in [0.1, 0.15) is 31.2 Å². The third-order valence-electron chi connectivity index (χ3n) is 4.73. The highest BCUT2D eigenvalue weighted by Gasteiger charge is 2.48. The van der Waals surface area contributed by atoms with Crippen LogP contribution in [0.2, 0.25) is 0 Å². The normalized spacial score (nSPS) is 27.8. The lowest BCUT2D eigenvalue weighted by atomic mass is 9.81. The summed E-state index contributed by atoms with van der Waals surface area (Å²) in [5, 5.41) is 6.66. The van der Waals surface area contributed by atoms with E-state index in [9.17, 15) is 0 Å². The molecule has 1 saturated heterocycles. The second kappa shape index (κ2) is 3.83. The molecule has 1 unspecified atom stereocenters. The minimum Gasteiger partial charge on any atom is -0.307 e. The molecular weight excluding hydrogens is 218 g/mol. The fourth-order valence-corrected chi connectivity index (χ4v) is 3.76. The molecule has 1 N–H and O–H groups in total. The summed E-state index contributed by atoms with van der Waals surface area (Å²) in [7, 11) is 0. The molecule has 1 heterocycles. The standard InChI is InChI=1S/C17H19N/c1-2-7-15-13(5-1)6-3-8-16(15)17(14-9-10-14)11-4-12-18-17/h1-3,5-8,14,18H,4,9-12H2. The van der Waals surface area contributed by atoms with Crippen LogP contribution >= 0.6 is 0 Å². The van der Waals surface area contributed by atoms with Crippen LogP contribution in [0.25, 0.3) is 10.8 Å². The zero-order chi connectivity index (χ0) is 12.0. The average Bonchev–Trinajstić information content (AvgIpc) is 3.17. The molecule has 18 heavy (non-hydrogen) atoms. The van der Waals surface area contributed by atoms with Crippen molar-refractivity contribution in [2.45, 2.75) is 31.2 Å². The highest BCUT2D eigenvalue weighted by atomic mass is 15.0. The molecule has 1 saturated carbocycles. The monoisotopic (exact) mass is 237 g/mol. The fourth-order valence-electron chi connectivity index (χ4n) is 3.76. The van der Waals surface area contributed by atoms with E-state index in [1.165, 1.54) is 43.0 Å². The van der Waals surface area contributed by atoms with E-state index >= 15 is 0 Å². The van der Waals surface area contributed by atoms with Crippen molar-refractivity contribution in [3.05, 3.63) is 48.0 Å². The molecule has 1 nitrogen and oxygen atoms in total. The van der Waals surface area contributed by atoms with Gasteiger partial charge in [0.15, 0.2) is 0 Å². The first-order valence-electron chi connectivity index (χ1n) is 7.13. The summed E-state index contributed by atoms with van der Waals surface area (Å²) >= 11 is 0. The molecule has 0 amide bonds.